The highest BCUT2D eigenvalue weighted by atomic mass is 16.5. The second-order valence-electron chi connectivity index (χ2n) is 4.25. The van der Waals surface area contributed by atoms with Crippen molar-refractivity contribution in [1.82, 2.24) is 4.90 Å². The molecule has 1 rings (SSSR count). The van der Waals surface area contributed by atoms with Crippen molar-refractivity contribution in [3.63, 3.8) is 0 Å². The van der Waals surface area contributed by atoms with Crippen molar-refractivity contribution in [3.8, 4) is 0 Å². The Morgan fingerprint density at radius 3 is 2.64 bits per heavy atom. The Balaban J connectivity index is 2.33. The van der Waals surface area contributed by atoms with Crippen LogP contribution < -0.4 is 5.73 Å². The molecule has 0 aromatic rings. The number of nitrogens with zero attached hydrogens (tertiary/aromatic N) is 1. The standard InChI is InChI=1S/C10H22N2O2/c1-12(5-8-3-4-8)10(6-13)9(11)7-14-2/h8-10,13H,3-7,11H2,1-2H3. The normalized spacial score (nSPS) is 21.2. The van der Waals surface area contributed by atoms with Crippen molar-refractivity contribution in [2.24, 2.45) is 11.7 Å². The van der Waals surface area contributed by atoms with E-state index in [1.54, 1.807) is 7.11 Å². The summed E-state index contributed by atoms with van der Waals surface area (Å²) in [6.07, 6.45) is 2.64. The molecule has 0 aliphatic heterocycles. The zero-order valence-electron chi connectivity index (χ0n) is 9.15. The Morgan fingerprint density at radius 1 is 1.57 bits per heavy atom. The van der Waals surface area contributed by atoms with Gasteiger partial charge in [-0.25, -0.2) is 0 Å². The number of methoxy groups -OCH3 is 1. The van der Waals surface area contributed by atoms with Crippen molar-refractivity contribution in [2.75, 3.05) is 33.9 Å². The highest BCUT2D eigenvalue weighted by Crippen LogP contribution is 2.29. The van der Waals surface area contributed by atoms with Crippen LogP contribution >= 0.6 is 0 Å². The molecule has 2 atom stereocenters. The largest absolute Gasteiger partial charge is 0.395 e. The van der Waals surface area contributed by atoms with Gasteiger partial charge in [0.25, 0.3) is 0 Å². The molecule has 3 N–H and O–H groups in total. The molecule has 0 saturated heterocycles. The Labute approximate surface area is 86.0 Å². The lowest BCUT2D eigenvalue weighted by atomic mass is 10.1. The van der Waals surface area contributed by atoms with Gasteiger partial charge in [0.1, 0.15) is 0 Å². The van der Waals surface area contributed by atoms with Crippen LogP contribution in [0.25, 0.3) is 0 Å². The molecule has 2 unspecified atom stereocenters. The molecule has 0 amide bonds. The second-order valence-corrected chi connectivity index (χ2v) is 4.25. The summed E-state index contributed by atoms with van der Waals surface area (Å²) in [5, 5.41) is 9.25. The summed E-state index contributed by atoms with van der Waals surface area (Å²) in [4.78, 5) is 2.15. The van der Waals surface area contributed by atoms with E-state index in [1.807, 2.05) is 7.05 Å². The fourth-order valence-electron chi connectivity index (χ4n) is 1.75. The smallest absolute Gasteiger partial charge is 0.0629 e. The maximum absolute atomic E-state index is 9.25. The zero-order valence-corrected chi connectivity index (χ0v) is 9.15. The van der Waals surface area contributed by atoms with Crippen LogP contribution in [0.2, 0.25) is 0 Å². The number of hydrogen-bond donors (Lipinski definition) is 2. The molecule has 0 aromatic carbocycles. The monoisotopic (exact) mass is 202 g/mol. The van der Waals surface area contributed by atoms with Crippen molar-refractivity contribution in [3.05, 3.63) is 0 Å². The minimum Gasteiger partial charge on any atom is -0.395 e. The van der Waals surface area contributed by atoms with Gasteiger partial charge >= 0.3 is 0 Å². The predicted octanol–water partition coefficient (Wildman–Crippen LogP) is -0.337. The van der Waals surface area contributed by atoms with E-state index in [0.29, 0.717) is 6.61 Å². The first kappa shape index (κ1) is 11.9. The molecule has 1 aliphatic carbocycles. The fourth-order valence-corrected chi connectivity index (χ4v) is 1.75. The molecule has 14 heavy (non-hydrogen) atoms. The summed E-state index contributed by atoms with van der Waals surface area (Å²) in [6.45, 7) is 1.65. The van der Waals surface area contributed by atoms with E-state index in [2.05, 4.69) is 4.90 Å². The van der Waals surface area contributed by atoms with Crippen molar-refractivity contribution < 1.29 is 9.84 Å². The van der Waals surface area contributed by atoms with E-state index in [-0.39, 0.29) is 18.7 Å². The quantitative estimate of drug-likeness (QED) is 0.593. The maximum Gasteiger partial charge on any atom is 0.0629 e. The Bertz CT molecular complexity index is 162. The van der Waals surface area contributed by atoms with Crippen LogP contribution in [0.15, 0.2) is 0 Å². The van der Waals surface area contributed by atoms with E-state index in [1.165, 1.54) is 12.8 Å². The molecule has 4 nitrogen and oxygen atoms in total. The third-order valence-corrected chi connectivity index (χ3v) is 2.85. The summed E-state index contributed by atoms with van der Waals surface area (Å²) >= 11 is 0. The number of ether oxygens (including phenoxy) is 1. The highest BCUT2D eigenvalue weighted by Gasteiger charge is 2.28. The first-order valence-electron chi connectivity index (χ1n) is 5.24. The molecule has 1 aliphatic rings. The Morgan fingerprint density at radius 2 is 2.21 bits per heavy atom. The van der Waals surface area contributed by atoms with Crippen LogP contribution in [-0.4, -0.2) is 56.0 Å². The lowest BCUT2D eigenvalue weighted by molar-refractivity contribution is 0.0830. The SMILES string of the molecule is COCC(N)C(CO)N(C)CC1CC1. The number of aliphatic hydroxyl groups excluding tert-OH is 1. The average Bonchev–Trinajstić information content (AvgIpc) is 2.90. The van der Waals surface area contributed by atoms with Gasteiger partial charge in [-0.3, -0.25) is 4.90 Å². The van der Waals surface area contributed by atoms with Crippen LogP contribution in [0.1, 0.15) is 12.8 Å². The van der Waals surface area contributed by atoms with E-state index in [9.17, 15) is 5.11 Å². The number of rotatable bonds is 7. The third kappa shape index (κ3) is 3.53. The number of hydrogen-bond acceptors (Lipinski definition) is 4. The van der Waals surface area contributed by atoms with Crippen LogP contribution in [-0.2, 0) is 4.74 Å². The lowest BCUT2D eigenvalue weighted by Gasteiger charge is -2.30. The van der Waals surface area contributed by atoms with Gasteiger partial charge in [-0.05, 0) is 25.8 Å². The molecule has 0 heterocycles. The number of aliphatic hydroxyl groups is 1. The average molecular weight is 202 g/mol. The van der Waals surface area contributed by atoms with Crippen LogP contribution in [0, 0.1) is 5.92 Å². The summed E-state index contributed by atoms with van der Waals surface area (Å²) in [5.41, 5.74) is 5.91. The molecule has 0 bridgehead atoms. The fraction of sp³-hybridized carbons (Fsp3) is 1.00. The van der Waals surface area contributed by atoms with Gasteiger partial charge in [-0.15, -0.1) is 0 Å². The van der Waals surface area contributed by atoms with Crippen molar-refractivity contribution >= 4 is 0 Å². The zero-order chi connectivity index (χ0) is 10.6. The van der Waals surface area contributed by atoms with E-state index >= 15 is 0 Å². The molecule has 4 heteroatoms. The molecule has 0 aromatic heterocycles. The van der Waals surface area contributed by atoms with Gasteiger partial charge in [0.2, 0.25) is 0 Å². The molecule has 0 spiro atoms. The Hall–Kier alpha value is -0.160. The highest BCUT2D eigenvalue weighted by molar-refractivity contribution is 4.84. The molecule has 0 radical (unpaired) electrons. The molecule has 1 fully saturated rings. The first-order valence-corrected chi connectivity index (χ1v) is 5.24. The summed E-state index contributed by atoms with van der Waals surface area (Å²) in [7, 11) is 3.66. The van der Waals surface area contributed by atoms with E-state index < -0.39 is 0 Å². The molecular formula is C10H22N2O2. The van der Waals surface area contributed by atoms with Gasteiger partial charge in [0.05, 0.1) is 13.2 Å². The lowest BCUT2D eigenvalue weighted by Crippen LogP contribution is -2.51. The summed E-state index contributed by atoms with van der Waals surface area (Å²) < 4.78 is 4.99. The van der Waals surface area contributed by atoms with E-state index in [4.69, 9.17) is 10.5 Å². The number of likely N-dealkylation sites (N-methyl/N-ethyl adjacent to an activating group) is 1. The minimum absolute atomic E-state index is 0.0237. The van der Waals surface area contributed by atoms with Gasteiger partial charge < -0.3 is 15.6 Å². The third-order valence-electron chi connectivity index (χ3n) is 2.85. The van der Waals surface area contributed by atoms with Gasteiger partial charge in [0.15, 0.2) is 0 Å². The minimum atomic E-state index is -0.103. The van der Waals surface area contributed by atoms with Crippen LogP contribution in [0.4, 0.5) is 0 Å². The number of nitrogens with two attached hydrogens (primary N) is 1. The van der Waals surface area contributed by atoms with Gasteiger partial charge in [-0.2, -0.15) is 0 Å². The topological polar surface area (TPSA) is 58.7 Å². The van der Waals surface area contributed by atoms with Crippen molar-refractivity contribution in [1.29, 1.82) is 0 Å². The van der Waals surface area contributed by atoms with Crippen LogP contribution in [0.3, 0.4) is 0 Å². The predicted molar refractivity (Wildman–Crippen MR) is 56.1 cm³/mol. The Kier molecular flexibility index (Phi) is 4.81. The maximum atomic E-state index is 9.25. The molecular weight excluding hydrogens is 180 g/mol. The summed E-state index contributed by atoms with van der Waals surface area (Å²) in [5.74, 6) is 0.823. The van der Waals surface area contributed by atoms with Gasteiger partial charge in [-0.1, -0.05) is 0 Å². The second kappa shape index (κ2) is 5.66. The first-order chi connectivity index (χ1) is 6.69. The van der Waals surface area contributed by atoms with Crippen LogP contribution in [0.5, 0.6) is 0 Å². The molecule has 84 valence electrons. The van der Waals surface area contributed by atoms with E-state index in [0.717, 1.165) is 12.5 Å². The van der Waals surface area contributed by atoms with Crippen molar-refractivity contribution in [2.45, 2.75) is 24.9 Å². The van der Waals surface area contributed by atoms with Gasteiger partial charge in [0, 0.05) is 25.7 Å². The summed E-state index contributed by atoms with van der Waals surface area (Å²) in [6, 6.07) is -0.0794. The molecule has 1 saturated carbocycles.